The molecule has 3 rings (SSSR count). The summed E-state index contributed by atoms with van der Waals surface area (Å²) in [4.78, 5) is 0. The van der Waals surface area contributed by atoms with Crippen LogP contribution in [0, 0.1) is 6.92 Å². The van der Waals surface area contributed by atoms with Crippen LogP contribution in [0.4, 0.5) is 0 Å². The molecule has 176 valence electrons. The fourth-order valence-electron chi connectivity index (χ4n) is 4.41. The van der Waals surface area contributed by atoms with Crippen molar-refractivity contribution in [3.8, 4) is 22.6 Å². The minimum atomic E-state index is -3.79. The van der Waals surface area contributed by atoms with Gasteiger partial charge < -0.3 is 9.26 Å². The lowest BCUT2D eigenvalue weighted by Gasteiger charge is -2.37. The summed E-state index contributed by atoms with van der Waals surface area (Å²) in [6.45, 7) is 16.8. The Morgan fingerprint density at radius 2 is 1.69 bits per heavy atom. The molecule has 0 radical (unpaired) electrons. The highest BCUT2D eigenvalue weighted by Crippen LogP contribution is 2.57. The van der Waals surface area contributed by atoms with E-state index in [2.05, 4.69) is 65.8 Å². The predicted molar refractivity (Wildman–Crippen MR) is 130 cm³/mol. The van der Waals surface area contributed by atoms with E-state index in [1.54, 1.807) is 13.8 Å². The average Bonchev–Trinajstić information content (AvgIpc) is 2.67. The monoisotopic (exact) mass is 460 g/mol. The van der Waals surface area contributed by atoms with Crippen molar-refractivity contribution in [3.63, 3.8) is 0 Å². The first kappa shape index (κ1) is 24.8. The van der Waals surface area contributed by atoms with Crippen molar-refractivity contribution in [2.75, 3.05) is 13.2 Å². The third-order valence-electron chi connectivity index (χ3n) is 5.97. The van der Waals surface area contributed by atoms with Crippen LogP contribution in [0.15, 0.2) is 30.3 Å². The zero-order chi connectivity index (χ0) is 23.7. The fourth-order valence-corrected chi connectivity index (χ4v) is 5.61. The number of ether oxygens (including phenoxy) is 1. The molecule has 0 amide bonds. The van der Waals surface area contributed by atoms with E-state index in [1.165, 1.54) is 0 Å². The maximum Gasteiger partial charge on any atom is 0.530 e. The number of rotatable bonds is 9. The van der Waals surface area contributed by atoms with Crippen LogP contribution in [0.5, 0.6) is 11.5 Å². The van der Waals surface area contributed by atoms with Crippen molar-refractivity contribution in [2.45, 2.75) is 79.2 Å². The van der Waals surface area contributed by atoms with Gasteiger partial charge in [-0.25, -0.2) is 4.57 Å². The van der Waals surface area contributed by atoms with Crippen LogP contribution in [0.1, 0.15) is 78.0 Å². The van der Waals surface area contributed by atoms with Gasteiger partial charge in [0.25, 0.3) is 0 Å². The normalized spacial score (nSPS) is 15.0. The summed E-state index contributed by atoms with van der Waals surface area (Å²) in [6, 6.07) is 10.4. The molecule has 32 heavy (non-hydrogen) atoms. The van der Waals surface area contributed by atoms with Gasteiger partial charge in [0.2, 0.25) is 0 Å². The Hall–Kier alpha value is -1.81. The van der Waals surface area contributed by atoms with Gasteiger partial charge in [0.1, 0.15) is 17.1 Å². The number of hydrogen-bond donors (Lipinski definition) is 0. The van der Waals surface area contributed by atoms with E-state index in [4.69, 9.17) is 18.3 Å². The number of phosphoric acid groups is 1. The molecular formula is C26H37O5P. The van der Waals surface area contributed by atoms with Crippen LogP contribution in [0.2, 0.25) is 0 Å². The fraction of sp³-hybridized carbons (Fsp3) is 0.538. The molecule has 0 aliphatic carbocycles. The maximum atomic E-state index is 13.4. The highest BCUT2D eigenvalue weighted by molar-refractivity contribution is 7.48. The second-order valence-corrected chi connectivity index (χ2v) is 11.1. The summed E-state index contributed by atoms with van der Waals surface area (Å²) in [7, 11) is -3.79. The summed E-state index contributed by atoms with van der Waals surface area (Å²) in [5.41, 5.74) is 4.45. The SMILES string of the molecule is CCCC(C)(C)c1cc2c(c(OP(=O)(OCC)OCC)c1)-c1cc(C)ccc1C(C)(C)O2. The molecular weight excluding hydrogens is 423 g/mol. The third-order valence-corrected chi connectivity index (χ3v) is 7.53. The molecule has 5 nitrogen and oxygen atoms in total. The number of benzene rings is 2. The lowest BCUT2D eigenvalue weighted by Crippen LogP contribution is -2.30. The van der Waals surface area contributed by atoms with Crippen molar-refractivity contribution in [3.05, 3.63) is 47.0 Å². The van der Waals surface area contributed by atoms with E-state index in [1.807, 2.05) is 6.07 Å². The van der Waals surface area contributed by atoms with E-state index in [-0.39, 0.29) is 18.6 Å². The summed E-state index contributed by atoms with van der Waals surface area (Å²) in [6.07, 6.45) is 2.05. The second kappa shape index (κ2) is 9.21. The summed E-state index contributed by atoms with van der Waals surface area (Å²) >= 11 is 0. The van der Waals surface area contributed by atoms with Gasteiger partial charge in [-0.15, -0.1) is 0 Å². The summed E-state index contributed by atoms with van der Waals surface area (Å²) in [5, 5.41) is 0. The van der Waals surface area contributed by atoms with Gasteiger partial charge in [-0.3, -0.25) is 9.05 Å². The van der Waals surface area contributed by atoms with E-state index in [0.717, 1.165) is 46.4 Å². The summed E-state index contributed by atoms with van der Waals surface area (Å²) < 4.78 is 36.9. The van der Waals surface area contributed by atoms with Gasteiger partial charge in [0.15, 0.2) is 0 Å². The zero-order valence-electron chi connectivity index (χ0n) is 20.7. The molecule has 0 atom stereocenters. The molecule has 0 bridgehead atoms. The van der Waals surface area contributed by atoms with Crippen molar-refractivity contribution in [1.82, 2.24) is 0 Å². The Labute approximate surface area is 193 Å². The maximum absolute atomic E-state index is 13.4. The van der Waals surface area contributed by atoms with E-state index in [9.17, 15) is 4.57 Å². The van der Waals surface area contributed by atoms with Gasteiger partial charge in [-0.05, 0) is 69.7 Å². The number of hydrogen-bond acceptors (Lipinski definition) is 5. The first-order valence-corrected chi connectivity index (χ1v) is 13.0. The number of phosphoric ester groups is 1. The van der Waals surface area contributed by atoms with Crippen molar-refractivity contribution < 1.29 is 22.9 Å². The lowest BCUT2D eigenvalue weighted by atomic mass is 9.78. The molecule has 0 spiro atoms. The number of fused-ring (bicyclic) bond motifs is 3. The second-order valence-electron chi connectivity index (χ2n) is 9.52. The molecule has 1 aliphatic heterocycles. The van der Waals surface area contributed by atoms with Gasteiger partial charge in [-0.2, -0.15) is 0 Å². The first-order valence-electron chi connectivity index (χ1n) is 11.5. The molecule has 0 saturated carbocycles. The van der Waals surface area contributed by atoms with Gasteiger partial charge in [-0.1, -0.05) is 51.0 Å². The zero-order valence-corrected chi connectivity index (χ0v) is 21.6. The van der Waals surface area contributed by atoms with E-state index in [0.29, 0.717) is 5.75 Å². The predicted octanol–water partition coefficient (Wildman–Crippen LogP) is 7.93. The van der Waals surface area contributed by atoms with Crippen LogP contribution in [0.3, 0.4) is 0 Å². The molecule has 0 saturated heterocycles. The average molecular weight is 461 g/mol. The van der Waals surface area contributed by atoms with Crippen LogP contribution in [-0.2, 0) is 24.6 Å². The smallest absolute Gasteiger partial charge is 0.482 e. The first-order chi connectivity index (χ1) is 15.0. The Morgan fingerprint density at radius 3 is 2.28 bits per heavy atom. The Kier molecular flexibility index (Phi) is 7.14. The molecule has 0 N–H and O–H groups in total. The minimum absolute atomic E-state index is 0.108. The van der Waals surface area contributed by atoms with Gasteiger partial charge in [0.05, 0.1) is 18.8 Å². The third kappa shape index (κ3) is 4.90. The molecule has 2 aromatic carbocycles. The van der Waals surface area contributed by atoms with Gasteiger partial charge >= 0.3 is 7.82 Å². The Bertz CT molecular complexity index is 1020. The van der Waals surface area contributed by atoms with Crippen LogP contribution in [0.25, 0.3) is 11.1 Å². The molecule has 0 fully saturated rings. The Morgan fingerprint density at radius 1 is 1.03 bits per heavy atom. The quantitative estimate of drug-likeness (QED) is 0.356. The van der Waals surface area contributed by atoms with Crippen LogP contribution >= 0.6 is 7.82 Å². The van der Waals surface area contributed by atoms with Gasteiger partial charge in [0, 0.05) is 5.56 Å². The molecule has 0 unspecified atom stereocenters. The topological polar surface area (TPSA) is 54.0 Å². The molecule has 2 aromatic rings. The van der Waals surface area contributed by atoms with Crippen LogP contribution in [-0.4, -0.2) is 13.2 Å². The highest BCUT2D eigenvalue weighted by Gasteiger charge is 2.38. The lowest BCUT2D eigenvalue weighted by molar-refractivity contribution is 0.105. The minimum Gasteiger partial charge on any atom is -0.482 e. The van der Waals surface area contributed by atoms with Crippen molar-refractivity contribution in [2.24, 2.45) is 0 Å². The van der Waals surface area contributed by atoms with Crippen LogP contribution < -0.4 is 9.26 Å². The molecule has 6 heteroatoms. The molecule has 1 aliphatic rings. The summed E-state index contributed by atoms with van der Waals surface area (Å²) in [5.74, 6) is 1.19. The van der Waals surface area contributed by atoms with Crippen molar-refractivity contribution >= 4 is 7.82 Å². The largest absolute Gasteiger partial charge is 0.530 e. The molecule has 1 heterocycles. The standard InChI is InChI=1S/C26H37O5P/c1-9-14-25(5,6)19-16-22-24(23(17-19)31-32(27,28-10-2)29-11-3)20-15-18(4)12-13-21(20)26(7,8)30-22/h12-13,15-17H,9-11,14H2,1-8H3. The van der Waals surface area contributed by atoms with E-state index < -0.39 is 13.4 Å². The number of aryl methyl sites for hydroxylation is 1. The highest BCUT2D eigenvalue weighted by atomic mass is 31.2. The van der Waals surface area contributed by atoms with Crippen molar-refractivity contribution in [1.29, 1.82) is 0 Å². The van der Waals surface area contributed by atoms with E-state index >= 15 is 0 Å². The Balaban J connectivity index is 2.29. The molecule has 0 aromatic heterocycles.